The molecule has 0 aliphatic heterocycles. The number of amides is 1. The van der Waals surface area contributed by atoms with Gasteiger partial charge in [-0.3, -0.25) is 4.79 Å². The summed E-state index contributed by atoms with van der Waals surface area (Å²) in [5.41, 5.74) is 2.38. The SMILES string of the molecule is CC(C)Oc1ccc(NC(=O)CCNCCC2=CCCCC2)cc1. The topological polar surface area (TPSA) is 50.4 Å². The van der Waals surface area contributed by atoms with Gasteiger partial charge in [0.1, 0.15) is 5.75 Å². The van der Waals surface area contributed by atoms with Crippen molar-refractivity contribution in [1.82, 2.24) is 5.32 Å². The van der Waals surface area contributed by atoms with Gasteiger partial charge in [-0.25, -0.2) is 0 Å². The fourth-order valence-electron chi connectivity index (χ4n) is 2.82. The first-order valence-electron chi connectivity index (χ1n) is 9.08. The number of hydrogen-bond donors (Lipinski definition) is 2. The van der Waals surface area contributed by atoms with Crippen LogP contribution in [0, 0.1) is 0 Å². The van der Waals surface area contributed by atoms with Gasteiger partial charge in [0.15, 0.2) is 0 Å². The molecule has 1 aliphatic rings. The van der Waals surface area contributed by atoms with Crippen molar-refractivity contribution < 1.29 is 9.53 Å². The Hall–Kier alpha value is -1.81. The molecule has 0 aromatic heterocycles. The number of ether oxygens (including phenoxy) is 1. The summed E-state index contributed by atoms with van der Waals surface area (Å²) in [7, 11) is 0. The van der Waals surface area contributed by atoms with Gasteiger partial charge >= 0.3 is 0 Å². The normalized spacial score (nSPS) is 14.4. The van der Waals surface area contributed by atoms with Gasteiger partial charge < -0.3 is 15.4 Å². The average Bonchev–Trinajstić information content (AvgIpc) is 2.57. The Bertz CT molecular complexity index is 535. The second-order valence-electron chi connectivity index (χ2n) is 6.60. The standard InChI is InChI=1S/C20H30N2O2/c1-16(2)24-19-10-8-18(9-11-19)22-20(23)13-15-21-14-12-17-6-4-3-5-7-17/h6,8-11,16,21H,3-5,7,12-15H2,1-2H3,(H,22,23). The summed E-state index contributed by atoms with van der Waals surface area (Å²) in [5.74, 6) is 0.860. The predicted octanol–water partition coefficient (Wildman–Crippen LogP) is 4.28. The van der Waals surface area contributed by atoms with E-state index in [0.29, 0.717) is 13.0 Å². The molecule has 4 nitrogen and oxygen atoms in total. The number of carbonyl (C=O) groups is 1. The van der Waals surface area contributed by atoms with Crippen molar-refractivity contribution in [2.75, 3.05) is 18.4 Å². The Labute approximate surface area is 145 Å². The van der Waals surface area contributed by atoms with Crippen LogP contribution >= 0.6 is 0 Å². The van der Waals surface area contributed by atoms with Crippen molar-refractivity contribution in [3.8, 4) is 5.75 Å². The van der Waals surface area contributed by atoms with E-state index >= 15 is 0 Å². The molecule has 0 atom stereocenters. The van der Waals surface area contributed by atoms with Gasteiger partial charge in [0, 0.05) is 18.7 Å². The minimum atomic E-state index is 0.0388. The molecule has 1 aromatic rings. The van der Waals surface area contributed by atoms with Crippen molar-refractivity contribution in [3.63, 3.8) is 0 Å². The van der Waals surface area contributed by atoms with Crippen LogP contribution in [0.1, 0.15) is 52.4 Å². The Morgan fingerprint density at radius 2 is 1.96 bits per heavy atom. The van der Waals surface area contributed by atoms with Gasteiger partial charge in [0.2, 0.25) is 5.91 Å². The number of benzene rings is 1. The van der Waals surface area contributed by atoms with Crippen LogP contribution in [0.15, 0.2) is 35.9 Å². The molecule has 1 amide bonds. The monoisotopic (exact) mass is 330 g/mol. The molecular weight excluding hydrogens is 300 g/mol. The van der Waals surface area contributed by atoms with Crippen LogP contribution in [-0.2, 0) is 4.79 Å². The van der Waals surface area contributed by atoms with Gasteiger partial charge in [-0.1, -0.05) is 11.6 Å². The quantitative estimate of drug-likeness (QED) is 0.525. The molecule has 1 aliphatic carbocycles. The molecule has 0 saturated heterocycles. The zero-order chi connectivity index (χ0) is 17.2. The summed E-state index contributed by atoms with van der Waals surface area (Å²) < 4.78 is 5.59. The molecule has 4 heteroatoms. The summed E-state index contributed by atoms with van der Waals surface area (Å²) >= 11 is 0. The summed E-state index contributed by atoms with van der Waals surface area (Å²) in [6.07, 6.45) is 9.28. The molecule has 0 radical (unpaired) electrons. The van der Waals surface area contributed by atoms with E-state index in [4.69, 9.17) is 4.74 Å². The van der Waals surface area contributed by atoms with E-state index < -0.39 is 0 Å². The number of allylic oxidation sites excluding steroid dienone is 1. The van der Waals surface area contributed by atoms with E-state index in [0.717, 1.165) is 24.4 Å². The van der Waals surface area contributed by atoms with Crippen LogP contribution in [0.3, 0.4) is 0 Å². The van der Waals surface area contributed by atoms with Gasteiger partial charge in [-0.15, -0.1) is 0 Å². The molecule has 0 unspecified atom stereocenters. The highest BCUT2D eigenvalue weighted by molar-refractivity contribution is 5.90. The van der Waals surface area contributed by atoms with Crippen molar-refractivity contribution in [1.29, 1.82) is 0 Å². The third kappa shape index (κ3) is 7.18. The second kappa shape index (κ2) is 10.1. The highest BCUT2D eigenvalue weighted by atomic mass is 16.5. The van der Waals surface area contributed by atoms with E-state index in [1.54, 1.807) is 5.57 Å². The highest BCUT2D eigenvalue weighted by Crippen LogP contribution is 2.19. The first kappa shape index (κ1) is 18.5. The molecular formula is C20H30N2O2. The predicted molar refractivity (Wildman–Crippen MR) is 99.5 cm³/mol. The minimum absolute atomic E-state index is 0.0388. The molecule has 0 heterocycles. The van der Waals surface area contributed by atoms with Gasteiger partial charge in [0.25, 0.3) is 0 Å². The lowest BCUT2D eigenvalue weighted by molar-refractivity contribution is -0.116. The number of nitrogens with one attached hydrogen (secondary N) is 2. The lowest BCUT2D eigenvalue weighted by atomic mass is 9.97. The van der Waals surface area contributed by atoms with Crippen LogP contribution in [0.5, 0.6) is 5.75 Å². The maximum Gasteiger partial charge on any atom is 0.225 e. The number of anilines is 1. The summed E-state index contributed by atoms with van der Waals surface area (Å²) in [6.45, 7) is 5.66. The largest absolute Gasteiger partial charge is 0.491 e. The molecule has 0 spiro atoms. The molecule has 0 saturated carbocycles. The molecule has 1 aromatic carbocycles. The van der Waals surface area contributed by atoms with Crippen molar-refractivity contribution in [2.24, 2.45) is 0 Å². The first-order chi connectivity index (χ1) is 11.6. The molecule has 0 fully saturated rings. The maximum atomic E-state index is 11.9. The number of rotatable bonds is 9. The molecule has 132 valence electrons. The van der Waals surface area contributed by atoms with Gasteiger partial charge in [-0.05, 0) is 76.8 Å². The fraction of sp³-hybridized carbons (Fsp3) is 0.550. The number of hydrogen-bond acceptors (Lipinski definition) is 3. The summed E-state index contributed by atoms with van der Waals surface area (Å²) in [5, 5.41) is 6.28. The van der Waals surface area contributed by atoms with Crippen LogP contribution in [-0.4, -0.2) is 25.1 Å². The lowest BCUT2D eigenvalue weighted by Gasteiger charge is -2.13. The maximum absolute atomic E-state index is 11.9. The highest BCUT2D eigenvalue weighted by Gasteiger charge is 2.05. The third-order valence-corrected chi connectivity index (χ3v) is 4.05. The second-order valence-corrected chi connectivity index (χ2v) is 6.60. The van der Waals surface area contributed by atoms with Crippen LogP contribution in [0.4, 0.5) is 5.69 Å². The van der Waals surface area contributed by atoms with E-state index in [9.17, 15) is 4.79 Å². The molecule has 0 bridgehead atoms. The van der Waals surface area contributed by atoms with Gasteiger partial charge in [-0.2, -0.15) is 0 Å². The zero-order valence-electron chi connectivity index (χ0n) is 14.9. The molecule has 24 heavy (non-hydrogen) atoms. The average molecular weight is 330 g/mol. The van der Waals surface area contributed by atoms with Crippen molar-refractivity contribution in [3.05, 3.63) is 35.9 Å². The van der Waals surface area contributed by atoms with E-state index in [-0.39, 0.29) is 12.0 Å². The summed E-state index contributed by atoms with van der Waals surface area (Å²) in [6, 6.07) is 7.51. The molecule has 2 rings (SSSR count). The Balaban J connectivity index is 1.59. The Morgan fingerprint density at radius 1 is 1.17 bits per heavy atom. The summed E-state index contributed by atoms with van der Waals surface area (Å²) in [4.78, 5) is 11.9. The fourth-order valence-corrected chi connectivity index (χ4v) is 2.82. The van der Waals surface area contributed by atoms with E-state index in [2.05, 4.69) is 16.7 Å². The third-order valence-electron chi connectivity index (χ3n) is 4.05. The smallest absolute Gasteiger partial charge is 0.225 e. The van der Waals surface area contributed by atoms with Crippen molar-refractivity contribution in [2.45, 2.75) is 58.5 Å². The minimum Gasteiger partial charge on any atom is -0.491 e. The van der Waals surface area contributed by atoms with Gasteiger partial charge in [0.05, 0.1) is 6.10 Å². The number of carbonyl (C=O) groups excluding carboxylic acids is 1. The van der Waals surface area contributed by atoms with Crippen LogP contribution < -0.4 is 15.4 Å². The van der Waals surface area contributed by atoms with Crippen LogP contribution in [0.2, 0.25) is 0 Å². The lowest BCUT2D eigenvalue weighted by Crippen LogP contribution is -2.23. The molecule has 2 N–H and O–H groups in total. The first-order valence-corrected chi connectivity index (χ1v) is 9.08. The van der Waals surface area contributed by atoms with E-state index in [1.807, 2.05) is 38.1 Å². The Morgan fingerprint density at radius 3 is 2.62 bits per heavy atom. The van der Waals surface area contributed by atoms with E-state index in [1.165, 1.54) is 25.7 Å². The van der Waals surface area contributed by atoms with Crippen molar-refractivity contribution >= 4 is 11.6 Å². The zero-order valence-corrected chi connectivity index (χ0v) is 14.9. The Kier molecular flexibility index (Phi) is 7.83. The van der Waals surface area contributed by atoms with Crippen LogP contribution in [0.25, 0.3) is 0 Å².